The third-order valence-electron chi connectivity index (χ3n) is 3.80. The minimum Gasteiger partial charge on any atom is -0.487 e. The van der Waals surface area contributed by atoms with Crippen molar-refractivity contribution in [3.8, 4) is 11.8 Å². The zero-order valence-corrected chi connectivity index (χ0v) is 11.8. The SMILES string of the molecule is N#Cc1cc(N)c(Cl)c(OC2CCN(C3COC3)C2)c1. The van der Waals surface area contributed by atoms with E-state index in [0.717, 1.165) is 32.7 Å². The zero-order chi connectivity index (χ0) is 14.1. The van der Waals surface area contributed by atoms with Crippen molar-refractivity contribution in [1.29, 1.82) is 5.26 Å². The Morgan fingerprint density at radius 2 is 2.25 bits per heavy atom. The van der Waals surface area contributed by atoms with Gasteiger partial charge in [0.25, 0.3) is 0 Å². The van der Waals surface area contributed by atoms with E-state index < -0.39 is 0 Å². The van der Waals surface area contributed by atoms with Gasteiger partial charge in [0.2, 0.25) is 0 Å². The van der Waals surface area contributed by atoms with Crippen LogP contribution in [0.4, 0.5) is 5.69 Å². The monoisotopic (exact) mass is 293 g/mol. The van der Waals surface area contributed by atoms with Crippen LogP contribution in [-0.2, 0) is 4.74 Å². The minimum atomic E-state index is 0.0847. The van der Waals surface area contributed by atoms with Crippen molar-refractivity contribution in [2.24, 2.45) is 0 Å². The van der Waals surface area contributed by atoms with E-state index in [1.807, 2.05) is 0 Å². The summed E-state index contributed by atoms with van der Waals surface area (Å²) in [6.45, 7) is 3.49. The summed E-state index contributed by atoms with van der Waals surface area (Å²) in [5, 5.41) is 9.35. The topological polar surface area (TPSA) is 71.5 Å². The summed E-state index contributed by atoms with van der Waals surface area (Å²) < 4.78 is 11.1. The van der Waals surface area contributed by atoms with E-state index in [1.54, 1.807) is 12.1 Å². The molecule has 0 spiro atoms. The Labute approximate surface area is 122 Å². The second-order valence-corrected chi connectivity index (χ2v) is 5.58. The zero-order valence-electron chi connectivity index (χ0n) is 11.0. The molecule has 2 N–H and O–H groups in total. The van der Waals surface area contributed by atoms with Gasteiger partial charge in [0.05, 0.1) is 36.6 Å². The summed E-state index contributed by atoms with van der Waals surface area (Å²) in [5.41, 5.74) is 6.63. The summed E-state index contributed by atoms with van der Waals surface area (Å²) in [7, 11) is 0. The average molecular weight is 294 g/mol. The fourth-order valence-electron chi connectivity index (χ4n) is 2.57. The lowest BCUT2D eigenvalue weighted by atomic mass is 10.2. The molecular weight excluding hydrogens is 278 g/mol. The van der Waals surface area contributed by atoms with Crippen LogP contribution in [0.1, 0.15) is 12.0 Å². The van der Waals surface area contributed by atoms with Gasteiger partial charge in [-0.3, -0.25) is 4.90 Å². The summed E-state index contributed by atoms with van der Waals surface area (Å²) >= 11 is 6.14. The summed E-state index contributed by atoms with van der Waals surface area (Å²) in [5.74, 6) is 0.500. The van der Waals surface area contributed by atoms with E-state index in [1.165, 1.54) is 0 Å². The summed E-state index contributed by atoms with van der Waals surface area (Å²) in [4.78, 5) is 2.37. The smallest absolute Gasteiger partial charge is 0.141 e. The van der Waals surface area contributed by atoms with Gasteiger partial charge in [0.15, 0.2) is 0 Å². The van der Waals surface area contributed by atoms with E-state index in [2.05, 4.69) is 11.0 Å². The van der Waals surface area contributed by atoms with Crippen LogP contribution in [-0.4, -0.2) is 43.3 Å². The molecule has 2 heterocycles. The number of nitrogen functional groups attached to an aromatic ring is 1. The number of nitrogens with zero attached hydrogens (tertiary/aromatic N) is 2. The van der Waals surface area contributed by atoms with Gasteiger partial charge in [-0.05, 0) is 18.6 Å². The van der Waals surface area contributed by atoms with Crippen molar-refractivity contribution in [2.45, 2.75) is 18.6 Å². The molecule has 0 aromatic heterocycles. The first kappa shape index (κ1) is 13.5. The van der Waals surface area contributed by atoms with Gasteiger partial charge in [0.1, 0.15) is 16.9 Å². The lowest BCUT2D eigenvalue weighted by Gasteiger charge is -2.34. The predicted octanol–water partition coefficient (Wildman–Crippen LogP) is 1.65. The van der Waals surface area contributed by atoms with Gasteiger partial charge in [-0.15, -0.1) is 0 Å². The van der Waals surface area contributed by atoms with Crippen LogP contribution < -0.4 is 10.5 Å². The van der Waals surface area contributed by atoms with Crippen molar-refractivity contribution < 1.29 is 9.47 Å². The number of nitrogens with two attached hydrogens (primary N) is 1. The second kappa shape index (κ2) is 5.49. The standard InChI is InChI=1S/C14H16ClN3O2/c15-14-12(17)3-9(5-16)4-13(14)20-11-1-2-18(6-11)10-7-19-8-10/h3-4,10-11H,1-2,6-8,17H2. The molecule has 2 fully saturated rings. The normalized spacial score (nSPS) is 23.3. The van der Waals surface area contributed by atoms with Gasteiger partial charge < -0.3 is 15.2 Å². The lowest BCUT2D eigenvalue weighted by Crippen LogP contribution is -2.48. The highest BCUT2D eigenvalue weighted by Crippen LogP contribution is 2.33. The molecule has 3 rings (SSSR count). The largest absolute Gasteiger partial charge is 0.487 e. The molecule has 0 amide bonds. The first-order valence-corrected chi connectivity index (χ1v) is 7.02. The number of hydrogen-bond acceptors (Lipinski definition) is 5. The summed E-state index contributed by atoms with van der Waals surface area (Å²) in [6, 6.07) is 5.79. The molecule has 1 unspecified atom stereocenters. The van der Waals surface area contributed by atoms with Crippen LogP contribution in [0.2, 0.25) is 5.02 Å². The lowest BCUT2D eigenvalue weighted by molar-refractivity contribution is -0.0592. The first-order valence-electron chi connectivity index (χ1n) is 6.65. The van der Waals surface area contributed by atoms with Crippen LogP contribution in [0, 0.1) is 11.3 Å². The van der Waals surface area contributed by atoms with Gasteiger partial charge in [-0.2, -0.15) is 5.26 Å². The van der Waals surface area contributed by atoms with Crippen LogP contribution >= 0.6 is 11.6 Å². The Morgan fingerprint density at radius 1 is 1.45 bits per heavy atom. The number of rotatable bonds is 3. The number of halogens is 1. The fourth-order valence-corrected chi connectivity index (χ4v) is 2.72. The molecule has 0 aliphatic carbocycles. The van der Waals surface area contributed by atoms with E-state index in [4.69, 9.17) is 32.1 Å². The highest BCUT2D eigenvalue weighted by atomic mass is 35.5. The Hall–Kier alpha value is -1.48. The van der Waals surface area contributed by atoms with Crippen LogP contribution in [0.15, 0.2) is 12.1 Å². The summed E-state index contributed by atoms with van der Waals surface area (Å²) in [6.07, 6.45) is 1.03. The van der Waals surface area contributed by atoms with Crippen LogP contribution in [0.25, 0.3) is 0 Å². The maximum Gasteiger partial charge on any atom is 0.141 e. The molecule has 2 saturated heterocycles. The Kier molecular flexibility index (Phi) is 3.70. The number of nitriles is 1. The van der Waals surface area contributed by atoms with E-state index >= 15 is 0 Å². The molecule has 2 aliphatic rings. The van der Waals surface area contributed by atoms with Crippen molar-refractivity contribution >= 4 is 17.3 Å². The van der Waals surface area contributed by atoms with Gasteiger partial charge in [-0.25, -0.2) is 0 Å². The highest BCUT2D eigenvalue weighted by Gasteiger charge is 2.33. The number of likely N-dealkylation sites (tertiary alicyclic amines) is 1. The van der Waals surface area contributed by atoms with Gasteiger partial charge in [0, 0.05) is 13.1 Å². The number of ether oxygens (including phenoxy) is 2. The predicted molar refractivity (Wildman–Crippen MR) is 75.8 cm³/mol. The Morgan fingerprint density at radius 3 is 2.90 bits per heavy atom. The maximum absolute atomic E-state index is 8.97. The third kappa shape index (κ3) is 2.55. The molecule has 6 heteroatoms. The van der Waals surface area contributed by atoms with Crippen molar-refractivity contribution in [3.05, 3.63) is 22.7 Å². The molecule has 5 nitrogen and oxygen atoms in total. The molecule has 1 aromatic carbocycles. The molecule has 20 heavy (non-hydrogen) atoms. The fraction of sp³-hybridized carbons (Fsp3) is 0.500. The van der Waals surface area contributed by atoms with Crippen molar-refractivity contribution in [1.82, 2.24) is 4.90 Å². The number of benzene rings is 1. The Bertz CT molecular complexity index is 554. The molecule has 1 atom stereocenters. The number of hydrogen-bond donors (Lipinski definition) is 1. The highest BCUT2D eigenvalue weighted by molar-refractivity contribution is 6.34. The average Bonchev–Trinajstić information content (AvgIpc) is 2.80. The van der Waals surface area contributed by atoms with E-state index in [-0.39, 0.29) is 6.10 Å². The van der Waals surface area contributed by atoms with E-state index in [9.17, 15) is 0 Å². The van der Waals surface area contributed by atoms with Crippen molar-refractivity contribution in [2.75, 3.05) is 32.0 Å². The van der Waals surface area contributed by atoms with Gasteiger partial charge >= 0.3 is 0 Å². The quantitative estimate of drug-likeness (QED) is 0.858. The second-order valence-electron chi connectivity index (χ2n) is 5.20. The molecule has 2 aliphatic heterocycles. The van der Waals surface area contributed by atoms with Crippen molar-refractivity contribution in [3.63, 3.8) is 0 Å². The van der Waals surface area contributed by atoms with Crippen LogP contribution in [0.3, 0.4) is 0 Å². The van der Waals surface area contributed by atoms with E-state index in [0.29, 0.717) is 28.1 Å². The number of anilines is 1. The molecular formula is C14H16ClN3O2. The maximum atomic E-state index is 8.97. The molecule has 0 saturated carbocycles. The van der Waals surface area contributed by atoms with Gasteiger partial charge in [-0.1, -0.05) is 11.6 Å². The first-order chi connectivity index (χ1) is 9.67. The Balaban J connectivity index is 1.69. The minimum absolute atomic E-state index is 0.0847. The van der Waals surface area contributed by atoms with Crippen LogP contribution in [0.5, 0.6) is 5.75 Å². The molecule has 106 valence electrons. The third-order valence-corrected chi connectivity index (χ3v) is 4.21. The molecule has 1 aromatic rings. The molecule has 0 radical (unpaired) electrons. The molecule has 0 bridgehead atoms.